The van der Waals surface area contributed by atoms with Gasteiger partial charge in [-0.2, -0.15) is 0 Å². The van der Waals surface area contributed by atoms with Gasteiger partial charge in [0.05, 0.1) is 13.2 Å². The van der Waals surface area contributed by atoms with Gasteiger partial charge in [-0.15, -0.1) is 0 Å². The molecule has 0 heterocycles. The van der Waals surface area contributed by atoms with Crippen molar-refractivity contribution in [2.45, 2.75) is 22.8 Å². The first-order valence-electron chi connectivity index (χ1n) is 5.79. The lowest BCUT2D eigenvalue weighted by molar-refractivity contribution is 0.196. The number of aliphatic hydroxyl groups is 1. The predicted octanol–water partition coefficient (Wildman–Crippen LogP) is 3.90. The minimum absolute atomic E-state index is 0.452. The van der Waals surface area contributed by atoms with E-state index in [1.807, 2.05) is 48.5 Å². The van der Waals surface area contributed by atoms with Crippen LogP contribution >= 0.6 is 11.8 Å². The van der Waals surface area contributed by atoms with Crippen molar-refractivity contribution in [3.63, 3.8) is 0 Å². The summed E-state index contributed by atoms with van der Waals surface area (Å²) in [6, 6.07) is 15.8. The van der Waals surface area contributed by atoms with E-state index in [9.17, 15) is 5.11 Å². The van der Waals surface area contributed by atoms with Gasteiger partial charge in [0.25, 0.3) is 0 Å². The normalized spacial score (nSPS) is 12.2. The van der Waals surface area contributed by atoms with Crippen LogP contribution in [0.3, 0.4) is 0 Å². The van der Waals surface area contributed by atoms with Crippen LogP contribution in [0.2, 0.25) is 0 Å². The molecular formula is C15H16O2S. The molecule has 0 bridgehead atoms. The lowest BCUT2D eigenvalue weighted by atomic mass is 10.1. The minimum atomic E-state index is -0.452. The summed E-state index contributed by atoms with van der Waals surface area (Å²) in [7, 11) is 1.66. The molecule has 0 spiro atoms. The fraction of sp³-hybridized carbons (Fsp3) is 0.200. The number of aliphatic hydroxyl groups excluding tert-OH is 1. The summed E-state index contributed by atoms with van der Waals surface area (Å²) < 4.78 is 5.13. The van der Waals surface area contributed by atoms with Gasteiger partial charge < -0.3 is 9.84 Å². The number of hydrogen-bond acceptors (Lipinski definition) is 3. The standard InChI is InChI=1S/C15H16O2S/c1-11(16)14-5-3-4-6-15(14)18-13-9-7-12(17-2)8-10-13/h3-11,16H,1-2H3/t11-/m0/s1. The topological polar surface area (TPSA) is 29.5 Å². The maximum Gasteiger partial charge on any atom is 0.118 e. The van der Waals surface area contributed by atoms with Crippen LogP contribution in [0.15, 0.2) is 58.3 Å². The lowest BCUT2D eigenvalue weighted by Gasteiger charge is -2.11. The third-order valence-corrected chi connectivity index (χ3v) is 3.76. The summed E-state index contributed by atoms with van der Waals surface area (Å²) in [4.78, 5) is 2.21. The molecule has 94 valence electrons. The average Bonchev–Trinajstić information content (AvgIpc) is 2.40. The summed E-state index contributed by atoms with van der Waals surface area (Å²) in [5.74, 6) is 0.850. The highest BCUT2D eigenvalue weighted by Crippen LogP contribution is 2.33. The monoisotopic (exact) mass is 260 g/mol. The van der Waals surface area contributed by atoms with Gasteiger partial charge >= 0.3 is 0 Å². The second kappa shape index (κ2) is 5.94. The van der Waals surface area contributed by atoms with Gasteiger partial charge in [-0.05, 0) is 42.8 Å². The second-order valence-corrected chi connectivity index (χ2v) is 5.11. The van der Waals surface area contributed by atoms with Crippen LogP contribution in [0.25, 0.3) is 0 Å². The summed E-state index contributed by atoms with van der Waals surface area (Å²) >= 11 is 1.65. The molecular weight excluding hydrogens is 244 g/mol. The molecule has 0 unspecified atom stereocenters. The molecule has 2 aromatic carbocycles. The molecule has 0 aliphatic rings. The van der Waals surface area contributed by atoms with E-state index >= 15 is 0 Å². The highest BCUT2D eigenvalue weighted by molar-refractivity contribution is 7.99. The zero-order valence-corrected chi connectivity index (χ0v) is 11.3. The van der Waals surface area contributed by atoms with Crippen LogP contribution in [-0.4, -0.2) is 12.2 Å². The molecule has 1 N–H and O–H groups in total. The third kappa shape index (κ3) is 3.06. The zero-order chi connectivity index (χ0) is 13.0. The Morgan fingerprint density at radius 1 is 1.06 bits per heavy atom. The Labute approximate surface area is 112 Å². The largest absolute Gasteiger partial charge is 0.497 e. The quantitative estimate of drug-likeness (QED) is 0.904. The van der Waals surface area contributed by atoms with Crippen molar-refractivity contribution in [2.24, 2.45) is 0 Å². The summed E-state index contributed by atoms with van der Waals surface area (Å²) in [6.45, 7) is 1.79. The summed E-state index contributed by atoms with van der Waals surface area (Å²) in [6.07, 6.45) is -0.452. The van der Waals surface area contributed by atoms with Crippen molar-refractivity contribution < 1.29 is 9.84 Å². The Hall–Kier alpha value is -1.45. The van der Waals surface area contributed by atoms with Crippen molar-refractivity contribution in [3.8, 4) is 5.75 Å². The third-order valence-electron chi connectivity index (χ3n) is 2.66. The molecule has 0 aliphatic carbocycles. The molecule has 0 saturated heterocycles. The molecule has 0 fully saturated rings. The van der Waals surface area contributed by atoms with Crippen LogP contribution in [0, 0.1) is 0 Å². The van der Waals surface area contributed by atoms with Crippen LogP contribution in [-0.2, 0) is 0 Å². The van der Waals surface area contributed by atoms with Gasteiger partial charge in [0.2, 0.25) is 0 Å². The Morgan fingerprint density at radius 2 is 1.72 bits per heavy atom. The fourth-order valence-electron chi connectivity index (χ4n) is 1.69. The van der Waals surface area contributed by atoms with Gasteiger partial charge in [-0.25, -0.2) is 0 Å². The van der Waals surface area contributed by atoms with Crippen molar-refractivity contribution in [1.29, 1.82) is 0 Å². The van der Waals surface area contributed by atoms with Crippen molar-refractivity contribution in [1.82, 2.24) is 0 Å². The van der Waals surface area contributed by atoms with Crippen LogP contribution in [0.5, 0.6) is 5.75 Å². The van der Waals surface area contributed by atoms with E-state index in [0.717, 1.165) is 21.1 Å². The van der Waals surface area contributed by atoms with E-state index in [-0.39, 0.29) is 0 Å². The van der Waals surface area contributed by atoms with Crippen LogP contribution in [0.4, 0.5) is 0 Å². The molecule has 2 rings (SSSR count). The Morgan fingerprint density at radius 3 is 2.33 bits per heavy atom. The van der Waals surface area contributed by atoms with Crippen LogP contribution < -0.4 is 4.74 Å². The number of hydrogen-bond donors (Lipinski definition) is 1. The SMILES string of the molecule is COc1ccc(Sc2ccccc2[C@H](C)O)cc1. The maximum absolute atomic E-state index is 9.73. The smallest absolute Gasteiger partial charge is 0.118 e. The van der Waals surface area contributed by atoms with Gasteiger partial charge in [0.1, 0.15) is 5.75 Å². The molecule has 18 heavy (non-hydrogen) atoms. The Bertz CT molecular complexity index is 506. The molecule has 1 atom stereocenters. The number of benzene rings is 2. The first-order chi connectivity index (χ1) is 8.70. The molecule has 0 aliphatic heterocycles. The lowest BCUT2D eigenvalue weighted by Crippen LogP contribution is -1.93. The van der Waals surface area contributed by atoms with Crippen molar-refractivity contribution >= 4 is 11.8 Å². The van der Waals surface area contributed by atoms with Gasteiger partial charge in [-0.3, -0.25) is 0 Å². The van der Waals surface area contributed by atoms with Gasteiger partial charge in [0.15, 0.2) is 0 Å². The average molecular weight is 260 g/mol. The summed E-state index contributed by atoms with van der Waals surface area (Å²) in [5.41, 5.74) is 0.957. The number of methoxy groups -OCH3 is 1. The molecule has 2 aromatic rings. The molecule has 2 nitrogen and oxygen atoms in total. The maximum atomic E-state index is 9.73. The number of ether oxygens (including phenoxy) is 1. The molecule has 0 amide bonds. The van der Waals surface area contributed by atoms with E-state index < -0.39 is 6.10 Å². The highest BCUT2D eigenvalue weighted by atomic mass is 32.2. The first kappa shape index (κ1) is 13.0. The van der Waals surface area contributed by atoms with Gasteiger partial charge in [-0.1, -0.05) is 30.0 Å². The van der Waals surface area contributed by atoms with E-state index in [0.29, 0.717) is 0 Å². The Balaban J connectivity index is 2.22. The zero-order valence-electron chi connectivity index (χ0n) is 10.5. The number of rotatable bonds is 4. The van der Waals surface area contributed by atoms with Gasteiger partial charge in [0, 0.05) is 9.79 Å². The Kier molecular flexibility index (Phi) is 4.28. The van der Waals surface area contributed by atoms with Crippen molar-refractivity contribution in [3.05, 3.63) is 54.1 Å². The molecule has 3 heteroatoms. The van der Waals surface area contributed by atoms with E-state index in [4.69, 9.17) is 4.74 Å². The molecule has 0 aromatic heterocycles. The van der Waals surface area contributed by atoms with E-state index in [1.54, 1.807) is 25.8 Å². The van der Waals surface area contributed by atoms with Crippen molar-refractivity contribution in [2.75, 3.05) is 7.11 Å². The van der Waals surface area contributed by atoms with E-state index in [2.05, 4.69) is 0 Å². The predicted molar refractivity (Wildman–Crippen MR) is 74.2 cm³/mol. The van der Waals surface area contributed by atoms with E-state index in [1.165, 1.54) is 0 Å². The highest BCUT2D eigenvalue weighted by Gasteiger charge is 2.08. The first-order valence-corrected chi connectivity index (χ1v) is 6.61. The second-order valence-electron chi connectivity index (χ2n) is 3.99. The minimum Gasteiger partial charge on any atom is -0.497 e. The summed E-state index contributed by atoms with van der Waals surface area (Å²) in [5, 5.41) is 9.73. The molecule has 0 saturated carbocycles. The van der Waals surface area contributed by atoms with Crippen LogP contribution in [0.1, 0.15) is 18.6 Å². The fourth-order valence-corrected chi connectivity index (χ4v) is 2.72. The molecule has 0 radical (unpaired) electrons.